The third-order valence-corrected chi connectivity index (χ3v) is 3.16. The van der Waals surface area contributed by atoms with Crippen molar-refractivity contribution in [2.45, 2.75) is 34.1 Å². The highest BCUT2D eigenvalue weighted by Crippen LogP contribution is 2.18. The van der Waals surface area contributed by atoms with E-state index in [0.29, 0.717) is 30.8 Å². The van der Waals surface area contributed by atoms with E-state index < -0.39 is 0 Å². The van der Waals surface area contributed by atoms with E-state index in [1.165, 1.54) is 0 Å². The van der Waals surface area contributed by atoms with Crippen LogP contribution in [-0.2, 0) is 0 Å². The molecule has 1 aromatic heterocycles. The molecule has 1 aromatic rings. The average Bonchev–Trinajstić information content (AvgIpc) is 2.44. The summed E-state index contributed by atoms with van der Waals surface area (Å²) < 4.78 is 0. The van der Waals surface area contributed by atoms with Gasteiger partial charge in [0, 0.05) is 26.2 Å². The predicted octanol–water partition coefficient (Wildman–Crippen LogP) is 2.75. The Kier molecular flexibility index (Phi) is 7.17. The Morgan fingerprint density at radius 1 is 1.10 bits per heavy atom. The molecule has 1 heterocycles. The highest BCUT2D eigenvalue weighted by Gasteiger charge is 2.16. The maximum atomic E-state index is 8.81. The molecule has 116 valence electrons. The number of anilines is 2. The van der Waals surface area contributed by atoms with Crippen LogP contribution in [0.25, 0.3) is 0 Å². The van der Waals surface area contributed by atoms with Gasteiger partial charge in [0.2, 0.25) is 17.2 Å². The van der Waals surface area contributed by atoms with Crippen LogP contribution >= 0.6 is 11.6 Å². The van der Waals surface area contributed by atoms with Crippen LogP contribution in [0.2, 0.25) is 5.28 Å². The third-order valence-electron chi connectivity index (χ3n) is 2.99. The second-order valence-electron chi connectivity index (χ2n) is 5.12. The van der Waals surface area contributed by atoms with Gasteiger partial charge < -0.3 is 9.80 Å². The van der Waals surface area contributed by atoms with Crippen LogP contribution in [0, 0.1) is 17.2 Å². The fourth-order valence-electron chi connectivity index (χ4n) is 2.02. The molecule has 0 N–H and O–H groups in total. The molecule has 0 bridgehead atoms. The Hall–Kier alpha value is -1.61. The maximum absolute atomic E-state index is 8.81. The molecular weight excluding hydrogens is 288 g/mol. The zero-order chi connectivity index (χ0) is 15.8. The highest BCUT2D eigenvalue weighted by atomic mass is 35.5. The molecule has 1 rings (SSSR count). The fourth-order valence-corrected chi connectivity index (χ4v) is 2.17. The first kappa shape index (κ1) is 17.4. The zero-order valence-corrected chi connectivity index (χ0v) is 13.9. The summed E-state index contributed by atoms with van der Waals surface area (Å²) >= 11 is 6.04. The SMILES string of the molecule is CCN(CC)c1nc(Cl)nc(N(CCC#N)CC(C)C)n1. The second-order valence-corrected chi connectivity index (χ2v) is 5.46. The smallest absolute Gasteiger partial charge is 0.231 e. The quantitative estimate of drug-likeness (QED) is 0.735. The first-order chi connectivity index (χ1) is 10.0. The van der Waals surface area contributed by atoms with Gasteiger partial charge in [-0.05, 0) is 31.4 Å². The van der Waals surface area contributed by atoms with E-state index in [0.717, 1.165) is 19.6 Å². The topological polar surface area (TPSA) is 68.9 Å². The van der Waals surface area contributed by atoms with Gasteiger partial charge >= 0.3 is 0 Å². The summed E-state index contributed by atoms with van der Waals surface area (Å²) in [6.07, 6.45) is 0.427. The Labute approximate surface area is 131 Å². The van der Waals surface area contributed by atoms with Crippen molar-refractivity contribution in [2.75, 3.05) is 36.0 Å². The molecule has 0 fully saturated rings. The van der Waals surface area contributed by atoms with Crippen molar-refractivity contribution in [3.8, 4) is 6.07 Å². The molecule has 21 heavy (non-hydrogen) atoms. The van der Waals surface area contributed by atoms with Gasteiger partial charge in [-0.1, -0.05) is 13.8 Å². The van der Waals surface area contributed by atoms with E-state index in [1.807, 2.05) is 23.6 Å². The van der Waals surface area contributed by atoms with Crippen molar-refractivity contribution in [1.29, 1.82) is 5.26 Å². The first-order valence-electron chi connectivity index (χ1n) is 7.30. The average molecular weight is 311 g/mol. The van der Waals surface area contributed by atoms with Crippen LogP contribution in [0.15, 0.2) is 0 Å². The molecular formula is C14H23ClN6. The van der Waals surface area contributed by atoms with Crippen molar-refractivity contribution in [2.24, 2.45) is 5.92 Å². The van der Waals surface area contributed by atoms with Crippen LogP contribution in [-0.4, -0.2) is 41.1 Å². The van der Waals surface area contributed by atoms with E-state index in [4.69, 9.17) is 16.9 Å². The molecule has 0 aliphatic carbocycles. The first-order valence-corrected chi connectivity index (χ1v) is 7.68. The summed E-state index contributed by atoms with van der Waals surface area (Å²) in [4.78, 5) is 17.0. The van der Waals surface area contributed by atoms with Gasteiger partial charge in [-0.25, -0.2) is 0 Å². The van der Waals surface area contributed by atoms with Gasteiger partial charge in [0.25, 0.3) is 0 Å². The molecule has 0 aliphatic rings. The number of rotatable bonds is 8. The van der Waals surface area contributed by atoms with E-state index >= 15 is 0 Å². The van der Waals surface area contributed by atoms with Crippen LogP contribution in [0.4, 0.5) is 11.9 Å². The number of hydrogen-bond acceptors (Lipinski definition) is 6. The minimum atomic E-state index is 0.188. The Morgan fingerprint density at radius 2 is 1.67 bits per heavy atom. The van der Waals surface area contributed by atoms with Gasteiger partial charge in [0.1, 0.15) is 0 Å². The molecule has 0 spiro atoms. The largest absolute Gasteiger partial charge is 0.341 e. The van der Waals surface area contributed by atoms with Crippen LogP contribution < -0.4 is 9.80 Å². The summed E-state index contributed by atoms with van der Waals surface area (Å²) in [6.45, 7) is 11.3. The Morgan fingerprint density at radius 3 is 2.14 bits per heavy atom. The summed E-state index contributed by atoms with van der Waals surface area (Å²) in [5.74, 6) is 1.57. The number of nitriles is 1. The van der Waals surface area contributed by atoms with Crippen molar-refractivity contribution in [3.63, 3.8) is 0 Å². The zero-order valence-electron chi connectivity index (χ0n) is 13.2. The predicted molar refractivity (Wildman–Crippen MR) is 85.7 cm³/mol. The number of aromatic nitrogens is 3. The highest BCUT2D eigenvalue weighted by molar-refractivity contribution is 6.28. The number of nitrogens with zero attached hydrogens (tertiary/aromatic N) is 6. The van der Waals surface area contributed by atoms with Crippen molar-refractivity contribution in [3.05, 3.63) is 5.28 Å². The van der Waals surface area contributed by atoms with Gasteiger partial charge in [-0.15, -0.1) is 0 Å². The van der Waals surface area contributed by atoms with E-state index in [9.17, 15) is 0 Å². The molecule has 0 atom stereocenters. The molecule has 0 radical (unpaired) electrons. The van der Waals surface area contributed by atoms with Crippen LogP contribution in [0.1, 0.15) is 34.1 Å². The molecule has 0 aliphatic heterocycles. The lowest BCUT2D eigenvalue weighted by atomic mass is 10.2. The van der Waals surface area contributed by atoms with Crippen molar-refractivity contribution in [1.82, 2.24) is 15.0 Å². The van der Waals surface area contributed by atoms with E-state index in [2.05, 4.69) is 34.9 Å². The van der Waals surface area contributed by atoms with Crippen LogP contribution in [0.3, 0.4) is 0 Å². The van der Waals surface area contributed by atoms with Crippen LogP contribution in [0.5, 0.6) is 0 Å². The lowest BCUT2D eigenvalue weighted by Crippen LogP contribution is -2.32. The minimum absolute atomic E-state index is 0.188. The van der Waals surface area contributed by atoms with Gasteiger partial charge in [0.15, 0.2) is 0 Å². The summed E-state index contributed by atoms with van der Waals surface area (Å²) in [6, 6.07) is 2.16. The minimum Gasteiger partial charge on any atom is -0.341 e. The van der Waals surface area contributed by atoms with Gasteiger partial charge in [-0.3, -0.25) is 0 Å². The van der Waals surface area contributed by atoms with Gasteiger partial charge in [-0.2, -0.15) is 20.2 Å². The molecule has 0 saturated carbocycles. The molecule has 0 saturated heterocycles. The lowest BCUT2D eigenvalue weighted by Gasteiger charge is -2.25. The fraction of sp³-hybridized carbons (Fsp3) is 0.714. The molecule has 0 amide bonds. The molecule has 0 unspecified atom stereocenters. The molecule has 7 heteroatoms. The normalized spacial score (nSPS) is 10.5. The summed E-state index contributed by atoms with van der Waals surface area (Å²) in [7, 11) is 0. The monoisotopic (exact) mass is 310 g/mol. The lowest BCUT2D eigenvalue weighted by molar-refractivity contribution is 0.600. The van der Waals surface area contributed by atoms with Gasteiger partial charge in [0.05, 0.1) is 12.5 Å². The van der Waals surface area contributed by atoms with Crippen molar-refractivity contribution >= 4 is 23.5 Å². The number of halogens is 1. The number of hydrogen-bond donors (Lipinski definition) is 0. The van der Waals surface area contributed by atoms with E-state index in [-0.39, 0.29) is 5.28 Å². The Balaban J connectivity index is 3.09. The van der Waals surface area contributed by atoms with Crippen molar-refractivity contribution < 1.29 is 0 Å². The second kappa shape index (κ2) is 8.63. The Bertz CT molecular complexity index is 481. The van der Waals surface area contributed by atoms with E-state index in [1.54, 1.807) is 0 Å². The maximum Gasteiger partial charge on any atom is 0.231 e. The summed E-state index contributed by atoms with van der Waals surface area (Å²) in [5, 5.41) is 8.99. The molecule has 0 aromatic carbocycles. The summed E-state index contributed by atoms with van der Waals surface area (Å²) in [5.41, 5.74) is 0. The standard InChI is InChI=1S/C14H23ClN6/c1-5-20(6-2)13-17-12(15)18-14(19-13)21(9-7-8-16)10-11(3)4/h11H,5-7,9-10H2,1-4H3. The third kappa shape index (κ3) is 5.35. The molecule has 6 nitrogen and oxygen atoms in total.